The fraction of sp³-hybridized carbons (Fsp3) is 0.125. The van der Waals surface area contributed by atoms with Gasteiger partial charge in [-0.15, -0.1) is 0 Å². The predicted octanol–water partition coefficient (Wildman–Crippen LogP) is 0.966. The van der Waals surface area contributed by atoms with Crippen LogP contribution in [-0.2, 0) is 20.0 Å². The standard InChI is InChI=1S/C8H9ClN2O7P2/c9-5-1-2-7-10-8(20(15,16)17)3-11(7)6(5)4-19(13,14)18-12/h1-3,12H,4H2,(H,13,14)(H2,15,16,17). The van der Waals surface area contributed by atoms with Gasteiger partial charge in [0.05, 0.1) is 16.9 Å². The highest BCUT2D eigenvalue weighted by molar-refractivity contribution is 7.60. The monoisotopic (exact) mass is 342 g/mol. The number of hydrogen-bond donors (Lipinski definition) is 4. The summed E-state index contributed by atoms with van der Waals surface area (Å²) in [5.74, 6) is 0. The number of aromatic nitrogens is 2. The minimum atomic E-state index is -4.57. The minimum absolute atomic E-state index is 0.0243. The molecule has 0 spiro atoms. The van der Waals surface area contributed by atoms with Crippen LogP contribution in [0.2, 0.25) is 5.02 Å². The van der Waals surface area contributed by atoms with Crippen molar-refractivity contribution in [2.24, 2.45) is 0 Å². The Morgan fingerprint density at radius 1 is 1.30 bits per heavy atom. The van der Waals surface area contributed by atoms with Gasteiger partial charge >= 0.3 is 15.2 Å². The van der Waals surface area contributed by atoms with Gasteiger partial charge in [-0.2, -0.15) is 4.67 Å². The van der Waals surface area contributed by atoms with E-state index in [1.807, 2.05) is 0 Å². The molecule has 1 atom stereocenters. The Kier molecular flexibility index (Phi) is 4.07. The first-order valence-corrected chi connectivity index (χ1v) is 8.77. The summed E-state index contributed by atoms with van der Waals surface area (Å²) in [7, 11) is -8.90. The number of hydrogen-bond acceptors (Lipinski definition) is 5. The molecule has 1 unspecified atom stereocenters. The molecule has 2 heterocycles. The largest absolute Gasteiger partial charge is 0.376 e. The molecule has 9 nitrogen and oxygen atoms in total. The lowest BCUT2D eigenvalue weighted by atomic mass is 10.3. The topological polar surface area (TPSA) is 142 Å². The van der Waals surface area contributed by atoms with Crippen LogP contribution in [0.15, 0.2) is 18.3 Å². The van der Waals surface area contributed by atoms with Crippen LogP contribution in [0.4, 0.5) is 0 Å². The molecule has 4 N–H and O–H groups in total. The van der Waals surface area contributed by atoms with E-state index in [1.54, 1.807) is 0 Å². The molecule has 0 aliphatic carbocycles. The zero-order valence-electron chi connectivity index (χ0n) is 9.62. The second kappa shape index (κ2) is 5.22. The molecule has 0 saturated carbocycles. The first-order valence-electron chi connectivity index (χ1n) is 5.01. The van der Waals surface area contributed by atoms with Gasteiger partial charge in [-0.3, -0.25) is 9.13 Å². The highest BCUT2D eigenvalue weighted by Gasteiger charge is 2.26. The highest BCUT2D eigenvalue weighted by Crippen LogP contribution is 2.45. The van der Waals surface area contributed by atoms with Gasteiger partial charge in [0.1, 0.15) is 5.65 Å². The van der Waals surface area contributed by atoms with Crippen LogP contribution < -0.4 is 5.44 Å². The molecule has 0 bridgehead atoms. The Balaban J connectivity index is 2.64. The Labute approximate surface area is 117 Å². The van der Waals surface area contributed by atoms with Crippen molar-refractivity contribution in [2.45, 2.75) is 6.16 Å². The molecule has 0 aliphatic heterocycles. The van der Waals surface area contributed by atoms with Crippen molar-refractivity contribution in [3.05, 3.63) is 29.0 Å². The molecule has 0 fully saturated rings. The number of fused-ring (bicyclic) bond motifs is 1. The summed E-state index contributed by atoms with van der Waals surface area (Å²) in [5, 5.41) is 8.40. The van der Waals surface area contributed by atoms with Gasteiger partial charge < -0.3 is 19.1 Å². The summed E-state index contributed by atoms with van der Waals surface area (Å²) < 4.78 is 27.2. The Hall–Kier alpha value is -0.760. The van der Waals surface area contributed by atoms with E-state index < -0.39 is 26.8 Å². The number of rotatable bonds is 4. The summed E-state index contributed by atoms with van der Waals surface area (Å²) >= 11 is 5.88. The van der Waals surface area contributed by atoms with Crippen LogP contribution in [-0.4, -0.2) is 29.3 Å². The molecule has 0 radical (unpaired) electrons. The molecule has 0 amide bonds. The first-order chi connectivity index (χ1) is 9.14. The van der Waals surface area contributed by atoms with Gasteiger partial charge in [-0.1, -0.05) is 11.6 Å². The van der Waals surface area contributed by atoms with Gasteiger partial charge in [-0.25, -0.2) is 10.2 Å². The molecule has 110 valence electrons. The molecule has 2 aromatic heterocycles. The smallest absolute Gasteiger partial charge is 0.323 e. The normalized spacial score (nSPS) is 15.4. The molecule has 0 aromatic carbocycles. The average Bonchev–Trinajstić information content (AvgIpc) is 2.77. The molecule has 0 aliphatic rings. The third-order valence-electron chi connectivity index (χ3n) is 2.44. The van der Waals surface area contributed by atoms with Crippen molar-refractivity contribution in [3.8, 4) is 0 Å². The molecule has 0 saturated heterocycles. The molecule has 12 heteroatoms. The molecule has 20 heavy (non-hydrogen) atoms. The summed E-state index contributed by atoms with van der Waals surface area (Å²) in [4.78, 5) is 31.1. The molecular weight excluding hydrogens is 333 g/mol. The zero-order valence-corrected chi connectivity index (χ0v) is 12.2. The van der Waals surface area contributed by atoms with Crippen molar-refractivity contribution in [1.29, 1.82) is 0 Å². The van der Waals surface area contributed by atoms with Crippen LogP contribution in [0.3, 0.4) is 0 Å². The van der Waals surface area contributed by atoms with Gasteiger partial charge in [0.25, 0.3) is 0 Å². The zero-order chi connectivity index (χ0) is 15.1. The lowest BCUT2D eigenvalue weighted by Crippen LogP contribution is -2.04. The molecule has 2 rings (SSSR count). The molecule has 2 aromatic rings. The molecular formula is C8H9ClN2O7P2. The SMILES string of the molecule is O=P(O)(Cc1c(Cl)ccc2nc(P(=O)(O)O)cn12)OO. The summed E-state index contributed by atoms with van der Waals surface area (Å²) in [6.45, 7) is 0. The van der Waals surface area contributed by atoms with E-state index >= 15 is 0 Å². The van der Waals surface area contributed by atoms with Gasteiger partial charge in [-0.05, 0) is 12.1 Å². The van der Waals surface area contributed by atoms with Crippen molar-refractivity contribution in [1.82, 2.24) is 9.38 Å². The maximum Gasteiger partial charge on any atom is 0.376 e. The van der Waals surface area contributed by atoms with E-state index in [0.29, 0.717) is 0 Å². The minimum Gasteiger partial charge on any atom is -0.323 e. The van der Waals surface area contributed by atoms with Crippen molar-refractivity contribution >= 4 is 37.9 Å². The third kappa shape index (κ3) is 3.11. The van der Waals surface area contributed by atoms with E-state index in [4.69, 9.17) is 26.6 Å². The quantitative estimate of drug-likeness (QED) is 0.366. The van der Waals surface area contributed by atoms with Crippen molar-refractivity contribution < 1.29 is 33.7 Å². The fourth-order valence-electron chi connectivity index (χ4n) is 1.58. The second-order valence-corrected chi connectivity index (χ2v) is 7.58. The van der Waals surface area contributed by atoms with Gasteiger partial charge in [0.15, 0.2) is 5.44 Å². The van der Waals surface area contributed by atoms with E-state index in [1.165, 1.54) is 12.1 Å². The predicted molar refractivity (Wildman–Crippen MR) is 69.1 cm³/mol. The number of halogens is 1. The Morgan fingerprint density at radius 2 is 1.95 bits per heavy atom. The summed E-state index contributed by atoms with van der Waals surface area (Å²) in [6, 6.07) is 2.73. The van der Waals surface area contributed by atoms with Gasteiger partial charge in [0.2, 0.25) is 0 Å². The lowest BCUT2D eigenvalue weighted by molar-refractivity contribution is -0.146. The van der Waals surface area contributed by atoms with Crippen LogP contribution >= 0.6 is 26.8 Å². The highest BCUT2D eigenvalue weighted by atomic mass is 35.5. The van der Waals surface area contributed by atoms with Crippen LogP contribution in [0.25, 0.3) is 5.65 Å². The first kappa shape index (κ1) is 15.6. The summed E-state index contributed by atoms with van der Waals surface area (Å²) in [5.41, 5.74) is -0.351. The maximum absolute atomic E-state index is 11.4. The van der Waals surface area contributed by atoms with Gasteiger partial charge in [0, 0.05) is 6.20 Å². The van der Waals surface area contributed by atoms with Crippen molar-refractivity contribution in [3.63, 3.8) is 0 Å². The van der Waals surface area contributed by atoms with Crippen LogP contribution in [0.1, 0.15) is 5.69 Å². The number of pyridine rings is 1. The van der Waals surface area contributed by atoms with Crippen molar-refractivity contribution in [2.75, 3.05) is 0 Å². The lowest BCUT2D eigenvalue weighted by Gasteiger charge is -2.10. The van der Waals surface area contributed by atoms with Crippen LogP contribution in [0.5, 0.6) is 0 Å². The third-order valence-corrected chi connectivity index (χ3v) is 4.55. The number of nitrogens with zero attached hydrogens (tertiary/aromatic N) is 2. The Morgan fingerprint density at radius 3 is 2.50 bits per heavy atom. The van der Waals surface area contributed by atoms with Crippen LogP contribution in [0, 0.1) is 0 Å². The summed E-state index contributed by atoms with van der Waals surface area (Å²) in [6.07, 6.45) is 0.353. The van der Waals surface area contributed by atoms with E-state index in [-0.39, 0.29) is 16.4 Å². The number of imidazole rings is 1. The van der Waals surface area contributed by atoms with E-state index in [2.05, 4.69) is 9.66 Å². The average molecular weight is 343 g/mol. The van der Waals surface area contributed by atoms with E-state index in [9.17, 15) is 14.0 Å². The van der Waals surface area contributed by atoms with E-state index in [0.717, 1.165) is 10.6 Å². The Bertz CT molecular complexity index is 755. The maximum atomic E-state index is 11.4. The second-order valence-electron chi connectivity index (χ2n) is 3.88. The fourth-order valence-corrected chi connectivity index (χ4v) is 3.16.